The van der Waals surface area contributed by atoms with Crippen LogP contribution in [-0.2, 0) is 9.47 Å². The zero-order chi connectivity index (χ0) is 6.69. The summed E-state index contributed by atoms with van der Waals surface area (Å²) in [7, 11) is 1.66. The highest BCUT2D eigenvalue weighted by Crippen LogP contribution is 2.19. The van der Waals surface area contributed by atoms with Gasteiger partial charge in [0.15, 0.2) is 6.29 Å². The Bertz CT molecular complexity index is 101. The van der Waals surface area contributed by atoms with Crippen molar-refractivity contribution in [2.45, 2.75) is 25.2 Å². The minimum Gasteiger partial charge on any atom is -0.356 e. The van der Waals surface area contributed by atoms with Gasteiger partial charge in [-0.3, -0.25) is 0 Å². The average molecular weight is 128 g/mol. The van der Waals surface area contributed by atoms with E-state index in [9.17, 15) is 0 Å². The first-order valence-corrected chi connectivity index (χ1v) is 3.17. The van der Waals surface area contributed by atoms with Crippen molar-refractivity contribution < 1.29 is 9.47 Å². The molecule has 0 aromatic carbocycles. The van der Waals surface area contributed by atoms with Gasteiger partial charge in [0.2, 0.25) is 0 Å². The van der Waals surface area contributed by atoms with Crippen LogP contribution in [0.2, 0.25) is 0 Å². The molecule has 0 N–H and O–H groups in total. The lowest BCUT2D eigenvalue weighted by molar-refractivity contribution is -0.104. The van der Waals surface area contributed by atoms with Gasteiger partial charge in [0.05, 0.1) is 6.10 Å². The first-order chi connectivity index (χ1) is 4.36. The van der Waals surface area contributed by atoms with Crippen LogP contribution in [0, 0.1) is 0 Å². The molecule has 1 aliphatic rings. The second-order valence-corrected chi connectivity index (χ2v) is 2.15. The summed E-state index contributed by atoms with van der Waals surface area (Å²) in [6, 6.07) is 0. The highest BCUT2D eigenvalue weighted by molar-refractivity contribution is 4.84. The Kier molecular flexibility index (Phi) is 2.25. The van der Waals surface area contributed by atoms with Crippen LogP contribution in [0.4, 0.5) is 0 Å². The molecule has 2 heteroatoms. The summed E-state index contributed by atoms with van der Waals surface area (Å²) in [4.78, 5) is 0. The lowest BCUT2D eigenvalue weighted by atomic mass is 10.2. The van der Waals surface area contributed by atoms with E-state index >= 15 is 0 Å². The molecule has 2 atom stereocenters. The van der Waals surface area contributed by atoms with Crippen LogP contribution < -0.4 is 0 Å². The molecular weight excluding hydrogens is 116 g/mol. The second kappa shape index (κ2) is 2.99. The van der Waals surface area contributed by atoms with Crippen molar-refractivity contribution >= 4 is 0 Å². The van der Waals surface area contributed by atoms with Gasteiger partial charge in [-0.25, -0.2) is 0 Å². The Morgan fingerprint density at radius 3 is 2.78 bits per heavy atom. The molecule has 1 heterocycles. The largest absolute Gasteiger partial charge is 0.356 e. The third-order valence-electron chi connectivity index (χ3n) is 1.54. The van der Waals surface area contributed by atoms with Gasteiger partial charge in [-0.15, -0.1) is 6.58 Å². The van der Waals surface area contributed by atoms with Gasteiger partial charge in [-0.05, 0) is 6.42 Å². The Morgan fingerprint density at radius 1 is 1.67 bits per heavy atom. The quantitative estimate of drug-likeness (QED) is 0.522. The number of hydrogen-bond acceptors (Lipinski definition) is 2. The Labute approximate surface area is 55.5 Å². The molecule has 0 bridgehead atoms. The van der Waals surface area contributed by atoms with Crippen molar-refractivity contribution in [3.05, 3.63) is 12.7 Å². The molecule has 1 fully saturated rings. The van der Waals surface area contributed by atoms with Gasteiger partial charge in [0.25, 0.3) is 0 Å². The van der Waals surface area contributed by atoms with Crippen LogP contribution in [0.15, 0.2) is 12.7 Å². The fourth-order valence-corrected chi connectivity index (χ4v) is 0.978. The SMILES string of the molecule is C=CC1CCC(OC)O1. The van der Waals surface area contributed by atoms with E-state index < -0.39 is 0 Å². The summed E-state index contributed by atoms with van der Waals surface area (Å²) in [6.07, 6.45) is 4.08. The molecule has 2 nitrogen and oxygen atoms in total. The number of rotatable bonds is 2. The van der Waals surface area contributed by atoms with Crippen molar-refractivity contribution in [2.75, 3.05) is 7.11 Å². The number of hydrogen-bond donors (Lipinski definition) is 0. The smallest absolute Gasteiger partial charge is 0.158 e. The van der Waals surface area contributed by atoms with E-state index in [1.807, 2.05) is 6.08 Å². The summed E-state index contributed by atoms with van der Waals surface area (Å²) in [5, 5.41) is 0. The standard InChI is InChI=1S/C7H12O2/c1-3-6-4-5-7(8-2)9-6/h3,6-7H,1,4-5H2,2H3. The van der Waals surface area contributed by atoms with Gasteiger partial charge in [-0.2, -0.15) is 0 Å². The predicted octanol–water partition coefficient (Wildman–Crippen LogP) is 1.32. The number of ether oxygens (including phenoxy) is 2. The van der Waals surface area contributed by atoms with Crippen molar-refractivity contribution in [3.8, 4) is 0 Å². The maximum Gasteiger partial charge on any atom is 0.158 e. The van der Waals surface area contributed by atoms with Crippen molar-refractivity contribution in [2.24, 2.45) is 0 Å². The first kappa shape index (κ1) is 6.78. The molecule has 52 valence electrons. The summed E-state index contributed by atoms with van der Waals surface area (Å²) in [6.45, 7) is 3.63. The van der Waals surface area contributed by atoms with Crippen molar-refractivity contribution in [1.29, 1.82) is 0 Å². The molecule has 1 rings (SSSR count). The van der Waals surface area contributed by atoms with E-state index in [0.717, 1.165) is 12.8 Å². The zero-order valence-electron chi connectivity index (χ0n) is 5.67. The van der Waals surface area contributed by atoms with Crippen LogP contribution in [0.25, 0.3) is 0 Å². The van der Waals surface area contributed by atoms with Crippen LogP contribution in [-0.4, -0.2) is 19.5 Å². The van der Waals surface area contributed by atoms with Crippen molar-refractivity contribution in [3.63, 3.8) is 0 Å². The molecular formula is C7H12O2. The molecule has 0 aliphatic carbocycles. The predicted molar refractivity (Wildman–Crippen MR) is 35.1 cm³/mol. The Morgan fingerprint density at radius 2 is 2.44 bits per heavy atom. The molecule has 0 spiro atoms. The summed E-state index contributed by atoms with van der Waals surface area (Å²) < 4.78 is 10.3. The van der Waals surface area contributed by atoms with Gasteiger partial charge in [-0.1, -0.05) is 6.08 Å². The highest BCUT2D eigenvalue weighted by atomic mass is 16.7. The molecule has 0 saturated carbocycles. The number of methoxy groups -OCH3 is 1. The molecule has 0 aromatic rings. The molecule has 2 unspecified atom stereocenters. The lowest BCUT2D eigenvalue weighted by Crippen LogP contribution is -2.09. The Hall–Kier alpha value is -0.340. The Balaban J connectivity index is 2.28. The van der Waals surface area contributed by atoms with Gasteiger partial charge in [0, 0.05) is 13.5 Å². The maximum absolute atomic E-state index is 5.32. The van der Waals surface area contributed by atoms with Gasteiger partial charge < -0.3 is 9.47 Å². The molecule has 0 aromatic heterocycles. The summed E-state index contributed by atoms with van der Waals surface area (Å²) >= 11 is 0. The topological polar surface area (TPSA) is 18.5 Å². The van der Waals surface area contributed by atoms with E-state index in [4.69, 9.17) is 9.47 Å². The van der Waals surface area contributed by atoms with E-state index in [1.165, 1.54) is 0 Å². The van der Waals surface area contributed by atoms with Gasteiger partial charge in [0.1, 0.15) is 0 Å². The second-order valence-electron chi connectivity index (χ2n) is 2.15. The maximum atomic E-state index is 5.32. The van der Waals surface area contributed by atoms with E-state index in [2.05, 4.69) is 6.58 Å². The third-order valence-corrected chi connectivity index (χ3v) is 1.54. The van der Waals surface area contributed by atoms with E-state index in [1.54, 1.807) is 7.11 Å². The molecule has 0 radical (unpaired) electrons. The average Bonchev–Trinajstić information content (AvgIpc) is 2.34. The molecule has 1 aliphatic heterocycles. The molecule has 0 amide bonds. The lowest BCUT2D eigenvalue weighted by Gasteiger charge is -2.07. The first-order valence-electron chi connectivity index (χ1n) is 3.17. The summed E-state index contributed by atoms with van der Waals surface area (Å²) in [5.41, 5.74) is 0. The minimum atomic E-state index is 0.00741. The fraction of sp³-hybridized carbons (Fsp3) is 0.714. The highest BCUT2D eigenvalue weighted by Gasteiger charge is 2.21. The van der Waals surface area contributed by atoms with E-state index in [-0.39, 0.29) is 12.4 Å². The van der Waals surface area contributed by atoms with Crippen LogP contribution >= 0.6 is 0 Å². The monoisotopic (exact) mass is 128 g/mol. The van der Waals surface area contributed by atoms with Crippen LogP contribution in [0.1, 0.15) is 12.8 Å². The zero-order valence-corrected chi connectivity index (χ0v) is 5.67. The fourth-order valence-electron chi connectivity index (χ4n) is 0.978. The van der Waals surface area contributed by atoms with Crippen LogP contribution in [0.5, 0.6) is 0 Å². The van der Waals surface area contributed by atoms with E-state index in [0.29, 0.717) is 0 Å². The summed E-state index contributed by atoms with van der Waals surface area (Å²) in [5.74, 6) is 0. The van der Waals surface area contributed by atoms with Gasteiger partial charge >= 0.3 is 0 Å². The molecule has 1 saturated heterocycles. The third kappa shape index (κ3) is 1.53. The molecule has 9 heavy (non-hydrogen) atoms. The van der Waals surface area contributed by atoms with Crippen LogP contribution in [0.3, 0.4) is 0 Å². The van der Waals surface area contributed by atoms with Crippen molar-refractivity contribution in [1.82, 2.24) is 0 Å². The normalized spacial score (nSPS) is 34.8. The minimum absolute atomic E-state index is 0.00741.